The molecule has 0 radical (unpaired) electrons. The van der Waals surface area contributed by atoms with Gasteiger partial charge in [0.25, 0.3) is 0 Å². The molecule has 1 atom stereocenters. The fourth-order valence-electron chi connectivity index (χ4n) is 3.56. The van der Waals surface area contributed by atoms with Gasteiger partial charge in [-0.05, 0) is 36.5 Å². The fraction of sp³-hybridized carbons (Fsp3) is 0.409. The summed E-state index contributed by atoms with van der Waals surface area (Å²) in [5.74, 6) is 0.333. The molecule has 3 aromatic rings. The number of halogens is 3. The summed E-state index contributed by atoms with van der Waals surface area (Å²) in [6.45, 7) is 3.02. The van der Waals surface area contributed by atoms with Gasteiger partial charge in [0.2, 0.25) is 0 Å². The smallest absolute Gasteiger partial charge is 0.396 e. The lowest BCUT2D eigenvalue weighted by Crippen LogP contribution is -2.12. The van der Waals surface area contributed by atoms with Crippen molar-refractivity contribution in [3.63, 3.8) is 0 Å². The van der Waals surface area contributed by atoms with Crippen molar-refractivity contribution in [2.75, 3.05) is 19.8 Å². The molecule has 0 unspecified atom stereocenters. The Kier molecular flexibility index (Phi) is 6.06. The molecule has 0 saturated carbocycles. The number of aromatic amines is 1. The fourth-order valence-corrected chi connectivity index (χ4v) is 3.56. The number of fused-ring (bicyclic) bond motifs is 1. The average molecular weight is 432 g/mol. The lowest BCUT2D eigenvalue weighted by Gasteiger charge is -2.14. The summed E-state index contributed by atoms with van der Waals surface area (Å²) in [6, 6.07) is 3.59. The molecule has 0 bridgehead atoms. The first-order valence-electron chi connectivity index (χ1n) is 10.2. The van der Waals surface area contributed by atoms with E-state index in [1.54, 1.807) is 6.07 Å². The quantitative estimate of drug-likeness (QED) is 0.603. The second-order valence-corrected chi connectivity index (χ2v) is 7.72. The summed E-state index contributed by atoms with van der Waals surface area (Å²) >= 11 is 0. The number of H-pyrrole nitrogens is 1. The van der Waals surface area contributed by atoms with Crippen molar-refractivity contribution < 1.29 is 23.0 Å². The van der Waals surface area contributed by atoms with Crippen LogP contribution in [0.5, 0.6) is 0 Å². The summed E-state index contributed by atoms with van der Waals surface area (Å²) in [7, 11) is 0. The number of nitrogens with one attached hydrogen (secondary N) is 1. The first-order chi connectivity index (χ1) is 14.9. The maximum absolute atomic E-state index is 13.7. The summed E-state index contributed by atoms with van der Waals surface area (Å²) in [5.41, 5.74) is 1.62. The molecule has 0 spiro atoms. The number of rotatable bonds is 6. The van der Waals surface area contributed by atoms with Crippen molar-refractivity contribution in [2.45, 2.75) is 32.4 Å². The normalized spacial score (nSPS) is 15.8. The lowest BCUT2D eigenvalue weighted by molar-refractivity contribution is -0.137. The summed E-state index contributed by atoms with van der Waals surface area (Å²) in [6.07, 6.45) is 1.44. The van der Waals surface area contributed by atoms with Crippen molar-refractivity contribution in [1.29, 1.82) is 0 Å². The molecule has 0 fully saturated rings. The first kappa shape index (κ1) is 21.5. The Balaban J connectivity index is 1.75. The zero-order valence-electron chi connectivity index (χ0n) is 17.0. The van der Waals surface area contributed by atoms with E-state index < -0.39 is 11.7 Å². The Morgan fingerprint density at radius 2 is 2.10 bits per heavy atom. The second kappa shape index (κ2) is 8.76. The maximum atomic E-state index is 13.7. The number of nitrogens with zero attached hydrogens (tertiary/aromatic N) is 3. The molecule has 2 N–H and O–H groups in total. The van der Waals surface area contributed by atoms with E-state index >= 15 is 0 Å². The average Bonchev–Trinajstić information content (AvgIpc) is 3.20. The van der Waals surface area contributed by atoms with Crippen LogP contribution in [0, 0.1) is 5.92 Å². The highest BCUT2D eigenvalue weighted by Gasteiger charge is 2.36. The third-order valence-corrected chi connectivity index (χ3v) is 5.40. The molecular weight excluding hydrogens is 409 g/mol. The zero-order chi connectivity index (χ0) is 22.0. The third-order valence-electron chi connectivity index (χ3n) is 5.40. The molecule has 0 aromatic carbocycles. The molecule has 3 aromatic heterocycles. The molecule has 0 saturated heterocycles. The minimum absolute atomic E-state index is 0.00645. The number of alkyl halides is 3. The van der Waals surface area contributed by atoms with E-state index in [-0.39, 0.29) is 18.2 Å². The zero-order valence-corrected chi connectivity index (χ0v) is 17.0. The predicted molar refractivity (Wildman–Crippen MR) is 110 cm³/mol. The number of ether oxygens (including phenoxy) is 1. The van der Waals surface area contributed by atoms with Gasteiger partial charge in [0.05, 0.1) is 24.6 Å². The van der Waals surface area contributed by atoms with Crippen LogP contribution >= 0.6 is 0 Å². The van der Waals surface area contributed by atoms with Gasteiger partial charge in [-0.25, -0.2) is 15.0 Å². The predicted octanol–water partition coefficient (Wildman–Crippen LogP) is 4.40. The largest absolute Gasteiger partial charge is 0.419 e. The summed E-state index contributed by atoms with van der Waals surface area (Å²) in [4.78, 5) is 15.8. The van der Waals surface area contributed by atoms with Gasteiger partial charge in [-0.3, -0.25) is 0 Å². The Bertz CT molecular complexity index is 1110. The van der Waals surface area contributed by atoms with Crippen LogP contribution in [0.2, 0.25) is 0 Å². The molecular formula is C22H23F3N4O2. The Hall–Kier alpha value is -2.78. The highest BCUT2D eigenvalue weighted by atomic mass is 19.4. The molecule has 164 valence electrons. The van der Waals surface area contributed by atoms with Gasteiger partial charge in [0.15, 0.2) is 0 Å². The lowest BCUT2D eigenvalue weighted by atomic mass is 10.0. The van der Waals surface area contributed by atoms with Gasteiger partial charge in [0.1, 0.15) is 17.0 Å². The number of hydrogen-bond donors (Lipinski definition) is 2. The first-order valence-corrected chi connectivity index (χ1v) is 10.2. The number of aliphatic hydroxyl groups excluding tert-OH is 1. The van der Waals surface area contributed by atoms with E-state index in [0.717, 1.165) is 23.9 Å². The van der Waals surface area contributed by atoms with Crippen LogP contribution in [0.15, 0.2) is 30.6 Å². The van der Waals surface area contributed by atoms with Gasteiger partial charge >= 0.3 is 6.18 Å². The SMILES string of the molecule is C[C@@H](CO)CCc1ncc(C(F)(F)F)c(-c2c[nH]c3nc(C4=CCOCC4)ccc23)n1. The highest BCUT2D eigenvalue weighted by Crippen LogP contribution is 2.38. The highest BCUT2D eigenvalue weighted by molar-refractivity contribution is 5.94. The minimum Gasteiger partial charge on any atom is -0.396 e. The van der Waals surface area contributed by atoms with Crippen LogP contribution in [0.4, 0.5) is 13.2 Å². The molecule has 9 heteroatoms. The van der Waals surface area contributed by atoms with E-state index in [2.05, 4.69) is 19.9 Å². The number of pyridine rings is 1. The van der Waals surface area contributed by atoms with Crippen molar-refractivity contribution in [3.05, 3.63) is 47.7 Å². The van der Waals surface area contributed by atoms with E-state index in [4.69, 9.17) is 4.74 Å². The van der Waals surface area contributed by atoms with Crippen LogP contribution in [0.1, 0.15) is 36.8 Å². The third kappa shape index (κ3) is 4.62. The second-order valence-electron chi connectivity index (χ2n) is 7.72. The van der Waals surface area contributed by atoms with Gasteiger partial charge < -0.3 is 14.8 Å². The van der Waals surface area contributed by atoms with Crippen molar-refractivity contribution in [3.8, 4) is 11.3 Å². The van der Waals surface area contributed by atoms with E-state index in [1.807, 2.05) is 19.1 Å². The molecule has 0 aliphatic carbocycles. The number of aryl methyl sites for hydroxylation is 1. The van der Waals surface area contributed by atoms with E-state index in [1.165, 1.54) is 6.20 Å². The number of hydrogen-bond acceptors (Lipinski definition) is 5. The van der Waals surface area contributed by atoms with Gasteiger partial charge in [-0.1, -0.05) is 13.0 Å². The minimum atomic E-state index is -4.59. The monoisotopic (exact) mass is 432 g/mol. The Morgan fingerprint density at radius 1 is 1.26 bits per heavy atom. The summed E-state index contributed by atoms with van der Waals surface area (Å²) in [5, 5.41) is 9.76. The molecule has 0 amide bonds. The summed E-state index contributed by atoms with van der Waals surface area (Å²) < 4.78 is 46.4. The number of aliphatic hydroxyl groups is 1. The van der Waals surface area contributed by atoms with Crippen LogP contribution in [-0.2, 0) is 17.3 Å². The van der Waals surface area contributed by atoms with E-state index in [0.29, 0.717) is 48.5 Å². The molecule has 6 nitrogen and oxygen atoms in total. The van der Waals surface area contributed by atoms with Crippen LogP contribution in [0.3, 0.4) is 0 Å². The molecule has 4 heterocycles. The van der Waals surface area contributed by atoms with E-state index in [9.17, 15) is 18.3 Å². The maximum Gasteiger partial charge on any atom is 0.419 e. The Labute approximate surface area is 177 Å². The van der Waals surface area contributed by atoms with Gasteiger partial charge in [-0.2, -0.15) is 13.2 Å². The van der Waals surface area contributed by atoms with Crippen LogP contribution in [0.25, 0.3) is 27.9 Å². The van der Waals surface area contributed by atoms with Crippen LogP contribution < -0.4 is 0 Å². The van der Waals surface area contributed by atoms with Crippen molar-refractivity contribution in [1.82, 2.24) is 19.9 Å². The molecule has 1 aliphatic rings. The number of aromatic nitrogens is 4. The van der Waals surface area contributed by atoms with Gasteiger partial charge in [0, 0.05) is 36.4 Å². The van der Waals surface area contributed by atoms with Crippen LogP contribution in [-0.4, -0.2) is 44.9 Å². The Morgan fingerprint density at radius 3 is 2.81 bits per heavy atom. The van der Waals surface area contributed by atoms with Gasteiger partial charge in [-0.15, -0.1) is 0 Å². The topological polar surface area (TPSA) is 83.9 Å². The van der Waals surface area contributed by atoms with Crippen molar-refractivity contribution >= 4 is 16.6 Å². The molecule has 31 heavy (non-hydrogen) atoms. The standard InChI is InChI=1S/C22H23F3N4O2/c1-13(12-30)2-5-19-26-11-17(22(23,24)25)20(29-19)16-10-27-21-15(16)3-4-18(28-21)14-6-8-31-9-7-14/h3-4,6,10-11,13,30H,2,5,7-9,12H2,1H3,(H,27,28)/t13-/m1/s1. The molecule has 1 aliphatic heterocycles. The van der Waals surface area contributed by atoms with Crippen molar-refractivity contribution in [2.24, 2.45) is 5.92 Å². The molecule has 4 rings (SSSR count).